The molecule has 2 heterocycles. The Morgan fingerprint density at radius 2 is 2.16 bits per heavy atom. The molecule has 7 heteroatoms. The van der Waals surface area contributed by atoms with Gasteiger partial charge in [0.15, 0.2) is 0 Å². The highest BCUT2D eigenvalue weighted by molar-refractivity contribution is 5.95. The van der Waals surface area contributed by atoms with E-state index in [0.717, 1.165) is 24.6 Å². The fraction of sp³-hybridized carbons (Fsp3) is 0.556. The maximum absolute atomic E-state index is 14.0. The summed E-state index contributed by atoms with van der Waals surface area (Å²) in [6.07, 6.45) is 1.61. The standard InChI is InChI=1S/C18H22F2N2O3/c1-2-7-22-16(23)5-8-21(11-18(22)6-9-25-12-18)17(24)14-10-13(19)3-4-15(14)20/h3-4,10H,2,5-9,11-12H2,1H3. The lowest BCUT2D eigenvalue weighted by atomic mass is 9.95. The lowest BCUT2D eigenvalue weighted by Gasteiger charge is -2.40. The van der Waals surface area contributed by atoms with Gasteiger partial charge >= 0.3 is 0 Å². The molecule has 0 N–H and O–H groups in total. The van der Waals surface area contributed by atoms with Gasteiger partial charge in [0.25, 0.3) is 5.91 Å². The van der Waals surface area contributed by atoms with Crippen LogP contribution in [0.5, 0.6) is 0 Å². The Bertz CT molecular complexity index is 674. The van der Waals surface area contributed by atoms with Gasteiger partial charge in [-0.05, 0) is 31.0 Å². The average Bonchev–Trinajstić information content (AvgIpc) is 3.01. The zero-order valence-corrected chi connectivity index (χ0v) is 14.3. The summed E-state index contributed by atoms with van der Waals surface area (Å²) in [6.45, 7) is 3.92. The number of benzene rings is 1. The van der Waals surface area contributed by atoms with E-state index >= 15 is 0 Å². The Kier molecular flexibility index (Phi) is 5.03. The van der Waals surface area contributed by atoms with Crippen LogP contribution >= 0.6 is 0 Å². The second-order valence-corrected chi connectivity index (χ2v) is 6.67. The number of amides is 2. The molecule has 136 valence electrons. The monoisotopic (exact) mass is 352 g/mol. The van der Waals surface area contributed by atoms with E-state index in [9.17, 15) is 18.4 Å². The lowest BCUT2D eigenvalue weighted by Crippen LogP contribution is -2.57. The highest BCUT2D eigenvalue weighted by Gasteiger charge is 2.46. The van der Waals surface area contributed by atoms with Crippen LogP contribution in [0.25, 0.3) is 0 Å². The van der Waals surface area contributed by atoms with Gasteiger partial charge in [0.1, 0.15) is 11.6 Å². The van der Waals surface area contributed by atoms with E-state index < -0.39 is 23.1 Å². The molecule has 2 saturated heterocycles. The van der Waals surface area contributed by atoms with E-state index in [-0.39, 0.29) is 31.0 Å². The predicted molar refractivity (Wildman–Crippen MR) is 87.0 cm³/mol. The maximum Gasteiger partial charge on any atom is 0.257 e. The number of carbonyl (C=O) groups excluding carboxylic acids is 2. The second kappa shape index (κ2) is 7.07. The van der Waals surface area contributed by atoms with Crippen LogP contribution in [-0.4, -0.2) is 60.0 Å². The lowest BCUT2D eigenvalue weighted by molar-refractivity contribution is -0.136. The minimum atomic E-state index is -0.760. The summed E-state index contributed by atoms with van der Waals surface area (Å²) in [5.74, 6) is -2.04. The summed E-state index contributed by atoms with van der Waals surface area (Å²) in [4.78, 5) is 28.6. The minimum absolute atomic E-state index is 0.0256. The normalized spacial score (nSPS) is 24.0. The van der Waals surface area contributed by atoms with Crippen molar-refractivity contribution in [3.05, 3.63) is 35.4 Å². The fourth-order valence-corrected chi connectivity index (χ4v) is 3.67. The predicted octanol–water partition coefficient (Wildman–Crippen LogP) is 2.21. The molecule has 0 aliphatic carbocycles. The van der Waals surface area contributed by atoms with Gasteiger partial charge in [-0.2, -0.15) is 0 Å². The molecule has 0 bridgehead atoms. The van der Waals surface area contributed by atoms with Crippen LogP contribution in [0, 0.1) is 11.6 Å². The summed E-state index contributed by atoms with van der Waals surface area (Å²) in [5.41, 5.74) is -0.881. The van der Waals surface area contributed by atoms with Gasteiger partial charge in [0.05, 0.1) is 17.7 Å². The van der Waals surface area contributed by atoms with Crippen LogP contribution in [0.3, 0.4) is 0 Å². The summed E-state index contributed by atoms with van der Waals surface area (Å²) < 4.78 is 33.0. The van der Waals surface area contributed by atoms with Crippen molar-refractivity contribution in [2.24, 2.45) is 0 Å². The van der Waals surface area contributed by atoms with Crippen LogP contribution in [0.4, 0.5) is 8.78 Å². The van der Waals surface area contributed by atoms with E-state index in [1.54, 1.807) is 0 Å². The highest BCUT2D eigenvalue weighted by Crippen LogP contribution is 2.31. The van der Waals surface area contributed by atoms with Crippen molar-refractivity contribution >= 4 is 11.8 Å². The number of hydrogen-bond donors (Lipinski definition) is 0. The number of halogens is 2. The Balaban J connectivity index is 1.91. The molecule has 1 aromatic carbocycles. The van der Waals surface area contributed by atoms with Crippen LogP contribution in [0.15, 0.2) is 18.2 Å². The molecule has 1 spiro atoms. The summed E-state index contributed by atoms with van der Waals surface area (Å²) in [5, 5.41) is 0. The molecule has 2 aliphatic rings. The van der Waals surface area contributed by atoms with Crippen molar-refractivity contribution in [3.63, 3.8) is 0 Å². The van der Waals surface area contributed by atoms with Crippen LogP contribution in [0.1, 0.15) is 36.5 Å². The fourth-order valence-electron chi connectivity index (χ4n) is 3.67. The Morgan fingerprint density at radius 3 is 2.84 bits per heavy atom. The molecule has 1 unspecified atom stereocenters. The van der Waals surface area contributed by atoms with Crippen molar-refractivity contribution in [3.8, 4) is 0 Å². The number of nitrogens with zero attached hydrogens (tertiary/aromatic N) is 2. The van der Waals surface area contributed by atoms with Gasteiger partial charge < -0.3 is 14.5 Å². The SMILES string of the molecule is CCCN1C(=O)CCN(C(=O)c2cc(F)ccc2F)CC12CCOC2. The molecule has 0 aromatic heterocycles. The van der Waals surface area contributed by atoms with Crippen LogP contribution in [0.2, 0.25) is 0 Å². The average molecular weight is 352 g/mol. The summed E-state index contributed by atoms with van der Waals surface area (Å²) in [7, 11) is 0. The molecule has 1 atom stereocenters. The van der Waals surface area contributed by atoms with Crippen molar-refractivity contribution in [1.82, 2.24) is 9.80 Å². The van der Waals surface area contributed by atoms with E-state index in [1.165, 1.54) is 4.90 Å². The van der Waals surface area contributed by atoms with Crippen molar-refractivity contribution < 1.29 is 23.1 Å². The molecule has 1 aromatic rings. The molecule has 3 rings (SSSR count). The molecule has 25 heavy (non-hydrogen) atoms. The molecule has 2 fully saturated rings. The van der Waals surface area contributed by atoms with Gasteiger partial charge in [-0.15, -0.1) is 0 Å². The van der Waals surface area contributed by atoms with Crippen molar-refractivity contribution in [2.45, 2.75) is 31.7 Å². The molecular weight excluding hydrogens is 330 g/mol. The van der Waals surface area contributed by atoms with E-state index in [1.807, 2.05) is 11.8 Å². The number of rotatable bonds is 3. The maximum atomic E-state index is 14.0. The third-order valence-corrected chi connectivity index (χ3v) is 4.93. The largest absolute Gasteiger partial charge is 0.379 e. The topological polar surface area (TPSA) is 49.9 Å². The second-order valence-electron chi connectivity index (χ2n) is 6.67. The summed E-state index contributed by atoms with van der Waals surface area (Å²) >= 11 is 0. The van der Waals surface area contributed by atoms with E-state index in [2.05, 4.69) is 0 Å². The molecule has 0 radical (unpaired) electrons. The van der Waals surface area contributed by atoms with Crippen molar-refractivity contribution in [2.75, 3.05) is 32.8 Å². The molecule has 2 amide bonds. The zero-order valence-electron chi connectivity index (χ0n) is 14.3. The Labute approximate surface area is 145 Å². The quantitative estimate of drug-likeness (QED) is 0.838. The zero-order chi connectivity index (χ0) is 18.0. The van der Waals surface area contributed by atoms with Crippen LogP contribution < -0.4 is 0 Å². The number of carbonyl (C=O) groups is 2. The first-order chi connectivity index (χ1) is 12.0. The van der Waals surface area contributed by atoms with Gasteiger partial charge in [-0.3, -0.25) is 9.59 Å². The van der Waals surface area contributed by atoms with Gasteiger partial charge in [-0.25, -0.2) is 8.78 Å². The molecule has 5 nitrogen and oxygen atoms in total. The molecular formula is C18H22F2N2O3. The third-order valence-electron chi connectivity index (χ3n) is 4.93. The smallest absolute Gasteiger partial charge is 0.257 e. The molecule has 0 saturated carbocycles. The van der Waals surface area contributed by atoms with Gasteiger partial charge in [0.2, 0.25) is 5.91 Å². The Hall–Kier alpha value is -2.02. The Morgan fingerprint density at radius 1 is 1.36 bits per heavy atom. The third kappa shape index (κ3) is 3.38. The van der Waals surface area contributed by atoms with Crippen molar-refractivity contribution in [1.29, 1.82) is 0 Å². The summed E-state index contributed by atoms with van der Waals surface area (Å²) in [6, 6.07) is 2.84. The van der Waals surface area contributed by atoms with E-state index in [0.29, 0.717) is 26.2 Å². The number of ether oxygens (including phenoxy) is 1. The first-order valence-corrected chi connectivity index (χ1v) is 8.59. The van der Waals surface area contributed by atoms with Crippen LogP contribution in [-0.2, 0) is 9.53 Å². The number of hydrogen-bond acceptors (Lipinski definition) is 3. The first kappa shape index (κ1) is 17.8. The molecule has 2 aliphatic heterocycles. The van der Waals surface area contributed by atoms with Gasteiger partial charge in [-0.1, -0.05) is 6.92 Å². The van der Waals surface area contributed by atoms with E-state index in [4.69, 9.17) is 4.74 Å². The first-order valence-electron chi connectivity index (χ1n) is 8.59. The highest BCUT2D eigenvalue weighted by atomic mass is 19.1. The minimum Gasteiger partial charge on any atom is -0.379 e. The van der Waals surface area contributed by atoms with Gasteiger partial charge in [0, 0.05) is 32.7 Å².